The molecule has 0 saturated heterocycles. The molecular weight excluding hydrogens is 378 g/mol. The summed E-state index contributed by atoms with van der Waals surface area (Å²) in [7, 11) is 3.69. The van der Waals surface area contributed by atoms with Gasteiger partial charge in [-0.2, -0.15) is 0 Å². The third-order valence-electron chi connectivity index (χ3n) is 5.23. The molecule has 0 rings (SSSR count). The van der Waals surface area contributed by atoms with Crippen LogP contribution in [0.15, 0.2) is 12.2 Å². The van der Waals surface area contributed by atoms with Gasteiger partial charge in [0.2, 0.25) is 0 Å². The van der Waals surface area contributed by atoms with Gasteiger partial charge in [0.15, 0.2) is 0 Å². The maximum absolute atomic E-state index is 11.7. The van der Waals surface area contributed by atoms with Crippen LogP contribution in [-0.4, -0.2) is 57.1 Å². The van der Waals surface area contributed by atoms with Crippen LogP contribution < -0.4 is 0 Å². The number of unbranched alkanes of at least 4 members (excludes halogenated alkanes) is 10. The predicted octanol–water partition coefficient (Wildman–Crippen LogP) is 5.71. The van der Waals surface area contributed by atoms with E-state index >= 15 is 0 Å². The zero-order valence-corrected chi connectivity index (χ0v) is 20.0. The molecule has 0 aromatic rings. The zero-order chi connectivity index (χ0) is 22.3. The van der Waals surface area contributed by atoms with Crippen LogP contribution in [0.2, 0.25) is 0 Å². The van der Waals surface area contributed by atoms with Gasteiger partial charge in [0.1, 0.15) is 12.4 Å². The highest BCUT2D eigenvalue weighted by Gasteiger charge is 2.04. The predicted molar refractivity (Wildman–Crippen MR) is 125 cm³/mol. The van der Waals surface area contributed by atoms with Crippen molar-refractivity contribution in [3.8, 4) is 0 Å². The van der Waals surface area contributed by atoms with Crippen molar-refractivity contribution in [1.82, 2.24) is 4.90 Å². The SMILES string of the molecule is COCCN(C)CCOC(=O)CCCCCCC/C=C/CCCCCCCC(C)=O. The second-order valence-electron chi connectivity index (χ2n) is 8.30. The molecule has 0 aliphatic heterocycles. The van der Waals surface area contributed by atoms with Gasteiger partial charge in [-0.25, -0.2) is 0 Å². The third-order valence-corrected chi connectivity index (χ3v) is 5.23. The lowest BCUT2D eigenvalue weighted by Gasteiger charge is -2.15. The minimum Gasteiger partial charge on any atom is -0.464 e. The van der Waals surface area contributed by atoms with E-state index in [4.69, 9.17) is 9.47 Å². The normalized spacial score (nSPS) is 11.5. The number of ketones is 1. The Hall–Kier alpha value is -1.20. The molecule has 5 nitrogen and oxygen atoms in total. The number of likely N-dealkylation sites (N-methyl/N-ethyl adjacent to an activating group) is 1. The Morgan fingerprint density at radius 3 is 1.80 bits per heavy atom. The molecule has 0 aliphatic carbocycles. The first-order chi connectivity index (χ1) is 14.6. The van der Waals surface area contributed by atoms with Crippen LogP contribution in [0.1, 0.15) is 96.8 Å². The van der Waals surface area contributed by atoms with E-state index < -0.39 is 0 Å². The number of carbonyl (C=O) groups is 2. The van der Waals surface area contributed by atoms with Gasteiger partial charge in [0, 0.05) is 33.0 Å². The number of Topliss-reactive ketones (excluding diaryl/α,β-unsaturated/α-hetero) is 1. The summed E-state index contributed by atoms with van der Waals surface area (Å²) in [5.41, 5.74) is 0. The number of hydrogen-bond acceptors (Lipinski definition) is 5. The number of ether oxygens (including phenoxy) is 2. The van der Waals surface area contributed by atoms with E-state index in [2.05, 4.69) is 17.1 Å². The van der Waals surface area contributed by atoms with E-state index in [0.717, 1.165) is 45.2 Å². The Morgan fingerprint density at radius 1 is 0.733 bits per heavy atom. The summed E-state index contributed by atoms with van der Waals surface area (Å²) in [4.78, 5) is 24.7. The van der Waals surface area contributed by atoms with Gasteiger partial charge in [0.25, 0.3) is 0 Å². The van der Waals surface area contributed by atoms with Crippen LogP contribution in [0.4, 0.5) is 0 Å². The third kappa shape index (κ3) is 23.1. The fourth-order valence-electron chi connectivity index (χ4n) is 3.21. The highest BCUT2D eigenvalue weighted by atomic mass is 16.5. The molecule has 0 spiro atoms. The summed E-state index contributed by atoms with van der Waals surface area (Å²) in [6, 6.07) is 0. The number of hydrogen-bond donors (Lipinski definition) is 0. The number of allylic oxidation sites excluding steroid dienone is 2. The molecule has 0 aromatic heterocycles. The molecule has 176 valence electrons. The molecule has 30 heavy (non-hydrogen) atoms. The number of nitrogens with zero attached hydrogens (tertiary/aromatic N) is 1. The van der Waals surface area contributed by atoms with Crippen molar-refractivity contribution in [2.75, 3.05) is 40.5 Å². The molecule has 0 heterocycles. The summed E-state index contributed by atoms with van der Waals surface area (Å²) < 4.78 is 10.3. The van der Waals surface area contributed by atoms with E-state index in [1.54, 1.807) is 14.0 Å². The molecule has 0 amide bonds. The average Bonchev–Trinajstić information content (AvgIpc) is 2.71. The van der Waals surface area contributed by atoms with E-state index in [0.29, 0.717) is 25.4 Å². The van der Waals surface area contributed by atoms with E-state index in [9.17, 15) is 9.59 Å². The quantitative estimate of drug-likeness (QED) is 0.126. The van der Waals surface area contributed by atoms with Crippen LogP contribution in [0.5, 0.6) is 0 Å². The topological polar surface area (TPSA) is 55.8 Å². The van der Waals surface area contributed by atoms with Crippen LogP contribution in [0.3, 0.4) is 0 Å². The van der Waals surface area contributed by atoms with Gasteiger partial charge < -0.3 is 19.2 Å². The van der Waals surface area contributed by atoms with Crippen LogP contribution in [-0.2, 0) is 19.1 Å². The Labute approximate surface area is 185 Å². The van der Waals surface area contributed by atoms with Crippen LogP contribution >= 0.6 is 0 Å². The minimum absolute atomic E-state index is 0.0723. The molecular formula is C25H47NO4. The molecule has 0 aromatic carbocycles. The van der Waals surface area contributed by atoms with Crippen molar-refractivity contribution in [2.45, 2.75) is 96.8 Å². The molecule has 0 aliphatic rings. The zero-order valence-electron chi connectivity index (χ0n) is 20.0. The maximum Gasteiger partial charge on any atom is 0.305 e. The van der Waals surface area contributed by atoms with Crippen molar-refractivity contribution >= 4 is 11.8 Å². The van der Waals surface area contributed by atoms with Crippen molar-refractivity contribution < 1.29 is 19.1 Å². The average molecular weight is 426 g/mol. The first-order valence-corrected chi connectivity index (χ1v) is 12.0. The van der Waals surface area contributed by atoms with Gasteiger partial charge in [-0.05, 0) is 52.5 Å². The van der Waals surface area contributed by atoms with Gasteiger partial charge in [0.05, 0.1) is 6.61 Å². The highest BCUT2D eigenvalue weighted by Crippen LogP contribution is 2.10. The second-order valence-corrected chi connectivity index (χ2v) is 8.30. The fourth-order valence-corrected chi connectivity index (χ4v) is 3.21. The molecule has 0 saturated carbocycles. The maximum atomic E-state index is 11.7. The molecule has 0 fully saturated rings. The molecule has 0 atom stereocenters. The van der Waals surface area contributed by atoms with Crippen molar-refractivity contribution in [2.24, 2.45) is 0 Å². The summed E-state index contributed by atoms with van der Waals surface area (Å²) in [6.07, 6.45) is 20.0. The Balaban J connectivity index is 3.28. The lowest BCUT2D eigenvalue weighted by molar-refractivity contribution is -0.144. The number of esters is 1. The minimum atomic E-state index is -0.0723. The highest BCUT2D eigenvalue weighted by molar-refractivity contribution is 5.75. The number of methoxy groups -OCH3 is 1. The number of rotatable bonds is 22. The lowest BCUT2D eigenvalue weighted by Crippen LogP contribution is -2.27. The monoisotopic (exact) mass is 425 g/mol. The van der Waals surface area contributed by atoms with Gasteiger partial charge in [-0.15, -0.1) is 0 Å². The Morgan fingerprint density at radius 2 is 1.23 bits per heavy atom. The smallest absolute Gasteiger partial charge is 0.305 e. The lowest BCUT2D eigenvalue weighted by atomic mass is 10.1. The summed E-state index contributed by atoms with van der Waals surface area (Å²) >= 11 is 0. The molecule has 5 heteroatoms. The molecule has 0 radical (unpaired) electrons. The van der Waals surface area contributed by atoms with Crippen molar-refractivity contribution in [1.29, 1.82) is 0 Å². The van der Waals surface area contributed by atoms with Crippen LogP contribution in [0, 0.1) is 0 Å². The molecule has 0 bridgehead atoms. The first kappa shape index (κ1) is 28.8. The van der Waals surface area contributed by atoms with Gasteiger partial charge >= 0.3 is 5.97 Å². The fraction of sp³-hybridized carbons (Fsp3) is 0.840. The second kappa shape index (κ2) is 22.5. The summed E-state index contributed by atoms with van der Waals surface area (Å²) in [5.74, 6) is 0.241. The Kier molecular flexibility index (Phi) is 21.6. The van der Waals surface area contributed by atoms with E-state index in [-0.39, 0.29) is 5.97 Å². The van der Waals surface area contributed by atoms with Crippen molar-refractivity contribution in [3.05, 3.63) is 12.2 Å². The molecule has 0 unspecified atom stereocenters. The number of carbonyl (C=O) groups excluding carboxylic acids is 2. The van der Waals surface area contributed by atoms with Crippen molar-refractivity contribution in [3.63, 3.8) is 0 Å². The van der Waals surface area contributed by atoms with E-state index in [1.807, 2.05) is 7.05 Å². The largest absolute Gasteiger partial charge is 0.464 e. The van der Waals surface area contributed by atoms with Gasteiger partial charge in [-0.3, -0.25) is 4.79 Å². The first-order valence-electron chi connectivity index (χ1n) is 12.0. The standard InChI is InChI=1S/C25H47NO4/c1-24(27)18-16-14-12-10-8-6-4-5-7-9-11-13-15-17-19-25(28)30-23-21-26(2)20-22-29-3/h4-5H,6-23H2,1-3H3/b5-4+. The molecule has 0 N–H and O–H groups in total. The van der Waals surface area contributed by atoms with Gasteiger partial charge in [-0.1, -0.05) is 50.7 Å². The summed E-state index contributed by atoms with van der Waals surface area (Å²) in [6.45, 7) is 4.44. The van der Waals surface area contributed by atoms with Crippen LogP contribution in [0.25, 0.3) is 0 Å². The summed E-state index contributed by atoms with van der Waals surface area (Å²) in [5, 5.41) is 0. The van der Waals surface area contributed by atoms with E-state index in [1.165, 1.54) is 51.4 Å². The Bertz CT molecular complexity index is 437.